The van der Waals surface area contributed by atoms with Crippen molar-refractivity contribution in [1.82, 2.24) is 4.98 Å². The zero-order valence-corrected chi connectivity index (χ0v) is 14.1. The number of primary amides is 1. The lowest BCUT2D eigenvalue weighted by Gasteiger charge is -2.06. The molecule has 0 bridgehead atoms. The van der Waals surface area contributed by atoms with Crippen LogP contribution < -0.4 is 15.9 Å². The van der Waals surface area contributed by atoms with Gasteiger partial charge in [-0.2, -0.15) is 5.10 Å². The standard InChI is InChI=1S/C18H16N4O2S/c19-17(23)11-24-16-9-5-4-8-14(16)10-20-22-18-21-15(12-25-18)13-6-2-1-3-7-13/h1-10,12H,11H2,(H2,19,23)(H,21,22). The largest absolute Gasteiger partial charge is 0.483 e. The number of ether oxygens (including phenoxy) is 1. The van der Waals surface area contributed by atoms with E-state index in [2.05, 4.69) is 15.5 Å². The Kier molecular flexibility index (Phi) is 5.38. The van der Waals surface area contributed by atoms with E-state index < -0.39 is 5.91 Å². The SMILES string of the molecule is NC(=O)COc1ccccc1C=NNc1nc(-c2ccccc2)cs1. The fourth-order valence-electron chi connectivity index (χ4n) is 2.09. The van der Waals surface area contributed by atoms with Crippen molar-refractivity contribution >= 4 is 28.6 Å². The number of nitrogens with one attached hydrogen (secondary N) is 1. The lowest BCUT2D eigenvalue weighted by molar-refractivity contribution is -0.119. The number of hydrogen-bond donors (Lipinski definition) is 2. The molecule has 0 unspecified atom stereocenters. The predicted molar refractivity (Wildman–Crippen MR) is 99.9 cm³/mol. The van der Waals surface area contributed by atoms with Crippen molar-refractivity contribution in [3.05, 3.63) is 65.5 Å². The summed E-state index contributed by atoms with van der Waals surface area (Å²) in [4.78, 5) is 15.3. The number of hydrogen-bond acceptors (Lipinski definition) is 6. The minimum atomic E-state index is -0.527. The lowest BCUT2D eigenvalue weighted by Crippen LogP contribution is -2.20. The highest BCUT2D eigenvalue weighted by Gasteiger charge is 2.04. The van der Waals surface area contributed by atoms with E-state index in [0.29, 0.717) is 10.9 Å². The van der Waals surface area contributed by atoms with Gasteiger partial charge < -0.3 is 10.5 Å². The second-order valence-electron chi connectivity index (χ2n) is 5.07. The maximum absolute atomic E-state index is 10.8. The van der Waals surface area contributed by atoms with Crippen molar-refractivity contribution in [2.75, 3.05) is 12.0 Å². The van der Waals surface area contributed by atoms with E-state index in [9.17, 15) is 4.79 Å². The molecule has 0 atom stereocenters. The van der Waals surface area contributed by atoms with Crippen LogP contribution >= 0.6 is 11.3 Å². The normalized spacial score (nSPS) is 10.7. The van der Waals surface area contributed by atoms with E-state index in [0.717, 1.165) is 16.8 Å². The van der Waals surface area contributed by atoms with Crippen molar-refractivity contribution in [2.45, 2.75) is 0 Å². The van der Waals surface area contributed by atoms with Gasteiger partial charge in [0, 0.05) is 16.5 Å². The molecule has 0 aliphatic heterocycles. The van der Waals surface area contributed by atoms with Gasteiger partial charge in [0.2, 0.25) is 5.13 Å². The van der Waals surface area contributed by atoms with Crippen LogP contribution in [0.3, 0.4) is 0 Å². The first-order chi connectivity index (χ1) is 12.2. The van der Waals surface area contributed by atoms with E-state index in [1.807, 2.05) is 53.9 Å². The van der Waals surface area contributed by atoms with Gasteiger partial charge >= 0.3 is 0 Å². The maximum atomic E-state index is 10.8. The quantitative estimate of drug-likeness (QED) is 0.505. The summed E-state index contributed by atoms with van der Waals surface area (Å²) >= 11 is 1.47. The third-order valence-electron chi connectivity index (χ3n) is 3.23. The molecule has 0 aliphatic carbocycles. The van der Waals surface area contributed by atoms with Crippen LogP contribution in [0.5, 0.6) is 5.75 Å². The van der Waals surface area contributed by atoms with Crippen LogP contribution in [0.4, 0.5) is 5.13 Å². The van der Waals surface area contributed by atoms with E-state index in [-0.39, 0.29) is 6.61 Å². The average Bonchev–Trinajstić information content (AvgIpc) is 3.10. The highest BCUT2D eigenvalue weighted by molar-refractivity contribution is 7.14. The summed E-state index contributed by atoms with van der Waals surface area (Å²) in [5.74, 6) is 0.0112. The van der Waals surface area contributed by atoms with Gasteiger partial charge in [-0.1, -0.05) is 42.5 Å². The zero-order chi connectivity index (χ0) is 17.5. The molecular formula is C18H16N4O2S. The van der Waals surface area contributed by atoms with Crippen LogP contribution in [-0.2, 0) is 4.79 Å². The fraction of sp³-hybridized carbons (Fsp3) is 0.0556. The smallest absolute Gasteiger partial charge is 0.255 e. The lowest BCUT2D eigenvalue weighted by atomic mass is 10.2. The summed E-state index contributed by atoms with van der Waals surface area (Å²) in [5, 5.41) is 6.84. The van der Waals surface area contributed by atoms with E-state index in [4.69, 9.17) is 10.5 Å². The van der Waals surface area contributed by atoms with Crippen LogP contribution in [0.2, 0.25) is 0 Å². The van der Waals surface area contributed by atoms with Crippen molar-refractivity contribution in [1.29, 1.82) is 0 Å². The first-order valence-corrected chi connectivity index (χ1v) is 8.40. The molecule has 3 N–H and O–H groups in total. The van der Waals surface area contributed by atoms with Gasteiger partial charge in [-0.3, -0.25) is 10.2 Å². The fourth-order valence-corrected chi connectivity index (χ4v) is 2.76. The molecule has 3 rings (SSSR count). The number of hydrazone groups is 1. The second-order valence-corrected chi connectivity index (χ2v) is 5.92. The molecule has 0 saturated carbocycles. The first kappa shape index (κ1) is 16.7. The van der Waals surface area contributed by atoms with Crippen LogP contribution in [-0.4, -0.2) is 23.7 Å². The van der Waals surface area contributed by atoms with Crippen LogP contribution in [0.15, 0.2) is 65.1 Å². The molecule has 0 aliphatic rings. The predicted octanol–water partition coefficient (Wildman–Crippen LogP) is 3.12. The van der Waals surface area contributed by atoms with Gasteiger partial charge in [-0.15, -0.1) is 11.3 Å². The number of carbonyl (C=O) groups excluding carboxylic acids is 1. The molecule has 1 aromatic heterocycles. The van der Waals surface area contributed by atoms with Crippen molar-refractivity contribution in [3.63, 3.8) is 0 Å². The Morgan fingerprint density at radius 2 is 1.96 bits per heavy atom. The third-order valence-corrected chi connectivity index (χ3v) is 3.97. The minimum absolute atomic E-state index is 0.175. The van der Waals surface area contributed by atoms with Crippen molar-refractivity contribution in [2.24, 2.45) is 10.8 Å². The van der Waals surface area contributed by atoms with E-state index >= 15 is 0 Å². The summed E-state index contributed by atoms with van der Waals surface area (Å²) in [7, 11) is 0. The number of para-hydroxylation sites is 1. The molecule has 3 aromatic rings. The average molecular weight is 352 g/mol. The Balaban J connectivity index is 1.66. The molecule has 2 aromatic carbocycles. The summed E-state index contributed by atoms with van der Waals surface area (Å²) in [5.41, 5.74) is 10.7. The van der Waals surface area contributed by atoms with Crippen molar-refractivity contribution in [3.8, 4) is 17.0 Å². The molecule has 7 heteroatoms. The number of amides is 1. The number of aromatic nitrogens is 1. The van der Waals surface area contributed by atoms with Crippen LogP contribution in [0.1, 0.15) is 5.56 Å². The monoisotopic (exact) mass is 352 g/mol. The van der Waals surface area contributed by atoms with Gasteiger partial charge in [0.05, 0.1) is 11.9 Å². The van der Waals surface area contributed by atoms with Gasteiger partial charge in [0.15, 0.2) is 6.61 Å². The molecule has 0 radical (unpaired) electrons. The van der Waals surface area contributed by atoms with Gasteiger partial charge in [-0.05, 0) is 12.1 Å². The number of nitrogens with zero attached hydrogens (tertiary/aromatic N) is 2. The molecule has 6 nitrogen and oxygen atoms in total. The third kappa shape index (κ3) is 4.65. The van der Waals surface area contributed by atoms with Crippen LogP contribution in [0, 0.1) is 0 Å². The number of carbonyl (C=O) groups is 1. The molecule has 25 heavy (non-hydrogen) atoms. The molecule has 126 valence electrons. The molecular weight excluding hydrogens is 336 g/mol. The molecule has 0 saturated heterocycles. The zero-order valence-electron chi connectivity index (χ0n) is 13.3. The van der Waals surface area contributed by atoms with Gasteiger partial charge in [0.25, 0.3) is 5.91 Å². The second kappa shape index (κ2) is 8.07. The first-order valence-electron chi connectivity index (χ1n) is 7.52. The Bertz CT molecular complexity index is 878. The number of thiazole rings is 1. The van der Waals surface area contributed by atoms with E-state index in [1.54, 1.807) is 12.3 Å². The molecule has 1 amide bonds. The van der Waals surface area contributed by atoms with Gasteiger partial charge in [0.1, 0.15) is 5.75 Å². The number of anilines is 1. The number of benzene rings is 2. The highest BCUT2D eigenvalue weighted by atomic mass is 32.1. The van der Waals surface area contributed by atoms with Crippen molar-refractivity contribution < 1.29 is 9.53 Å². The Morgan fingerprint density at radius 3 is 2.76 bits per heavy atom. The Hall–Kier alpha value is -3.19. The van der Waals surface area contributed by atoms with Gasteiger partial charge in [-0.25, -0.2) is 4.98 Å². The summed E-state index contributed by atoms with van der Waals surface area (Å²) in [6, 6.07) is 17.2. The molecule has 0 fully saturated rings. The molecule has 0 spiro atoms. The Morgan fingerprint density at radius 1 is 1.20 bits per heavy atom. The summed E-state index contributed by atoms with van der Waals surface area (Å²) in [6.07, 6.45) is 1.61. The summed E-state index contributed by atoms with van der Waals surface area (Å²) < 4.78 is 5.36. The highest BCUT2D eigenvalue weighted by Crippen LogP contribution is 2.24. The Labute approximate surface area is 149 Å². The summed E-state index contributed by atoms with van der Waals surface area (Å²) in [6.45, 7) is -0.175. The topological polar surface area (TPSA) is 89.6 Å². The van der Waals surface area contributed by atoms with E-state index in [1.165, 1.54) is 11.3 Å². The maximum Gasteiger partial charge on any atom is 0.255 e. The molecule has 1 heterocycles. The van der Waals surface area contributed by atoms with Crippen LogP contribution in [0.25, 0.3) is 11.3 Å². The minimum Gasteiger partial charge on any atom is -0.483 e. The number of rotatable bonds is 7. The number of nitrogens with two attached hydrogens (primary N) is 1.